The lowest BCUT2D eigenvalue weighted by atomic mass is 10.4. The van der Waals surface area contributed by atoms with Gasteiger partial charge < -0.3 is 4.90 Å². The lowest BCUT2D eigenvalue weighted by molar-refractivity contribution is 0.353. The maximum atomic E-state index is 2.44. The molecule has 0 aliphatic rings. The van der Waals surface area contributed by atoms with Gasteiger partial charge in [0, 0.05) is 0 Å². The zero-order chi connectivity index (χ0) is 10.3. The van der Waals surface area contributed by atoms with Gasteiger partial charge >= 0.3 is 0 Å². The Bertz CT molecular complexity index is 152. The largest absolute Gasteiger partial charge is 0.307 e. The van der Waals surface area contributed by atoms with Crippen LogP contribution in [-0.4, -0.2) is 33.1 Å². The van der Waals surface area contributed by atoms with Gasteiger partial charge in [0.1, 0.15) is 0 Å². The third kappa shape index (κ3) is 7.02. The topological polar surface area (TPSA) is 3.24 Å². The third-order valence-electron chi connectivity index (χ3n) is 2.52. The van der Waals surface area contributed by atoms with E-state index in [9.17, 15) is 0 Å². The molecule has 2 heteroatoms. The predicted octanol–water partition coefficient (Wildman–Crippen LogP) is 3.15. The molecular formula is C11H25NSi. The van der Waals surface area contributed by atoms with E-state index in [1.54, 1.807) is 0 Å². The second-order valence-corrected chi connectivity index (χ2v) is 9.30. The molecule has 0 heterocycles. The van der Waals surface area contributed by atoms with Crippen LogP contribution >= 0.6 is 0 Å². The molecule has 0 radical (unpaired) electrons. The van der Waals surface area contributed by atoms with Gasteiger partial charge in [-0.15, -0.1) is 0 Å². The molecule has 1 nitrogen and oxygen atoms in total. The van der Waals surface area contributed by atoms with Gasteiger partial charge in [0.15, 0.2) is 0 Å². The van der Waals surface area contributed by atoms with Crippen LogP contribution in [0.3, 0.4) is 0 Å². The first-order valence-corrected chi connectivity index (χ1v) is 8.62. The Morgan fingerprint density at radius 2 is 1.92 bits per heavy atom. The Hall–Kier alpha value is -0.0831. The van der Waals surface area contributed by atoms with Crippen molar-refractivity contribution in [2.75, 3.05) is 20.1 Å². The maximum absolute atomic E-state index is 2.44. The minimum absolute atomic E-state index is 0.990. The van der Waals surface area contributed by atoms with E-state index in [0.717, 1.165) is 0 Å². The maximum Gasteiger partial charge on any atom is 0.0713 e. The van der Waals surface area contributed by atoms with E-state index in [0.29, 0.717) is 0 Å². The van der Waals surface area contributed by atoms with E-state index in [4.69, 9.17) is 0 Å². The minimum Gasteiger partial charge on any atom is -0.307 e. The minimum atomic E-state index is -0.990. The molecular weight excluding hydrogens is 174 g/mol. The van der Waals surface area contributed by atoms with Gasteiger partial charge in [0.05, 0.1) is 8.07 Å². The van der Waals surface area contributed by atoms with E-state index in [2.05, 4.69) is 50.7 Å². The Balaban J connectivity index is 3.63. The monoisotopic (exact) mass is 199 g/mol. The summed E-state index contributed by atoms with van der Waals surface area (Å²) in [5.41, 5.74) is 2.44. The van der Waals surface area contributed by atoms with Gasteiger partial charge in [-0.3, -0.25) is 0 Å². The third-order valence-corrected chi connectivity index (χ3v) is 5.40. The van der Waals surface area contributed by atoms with Crippen molar-refractivity contribution in [2.45, 2.75) is 39.4 Å². The summed E-state index contributed by atoms with van der Waals surface area (Å²) in [4.78, 5) is 2.39. The van der Waals surface area contributed by atoms with Crippen LogP contribution in [0.1, 0.15) is 20.3 Å². The van der Waals surface area contributed by atoms with Crippen LogP contribution in [0, 0.1) is 0 Å². The summed E-state index contributed by atoms with van der Waals surface area (Å²) in [6, 6.07) is 1.42. The van der Waals surface area contributed by atoms with Gasteiger partial charge in [0.2, 0.25) is 0 Å². The average Bonchev–Trinajstić information content (AvgIpc) is 2.03. The highest BCUT2D eigenvalue weighted by atomic mass is 28.3. The van der Waals surface area contributed by atoms with Gasteiger partial charge in [-0.2, -0.15) is 0 Å². The van der Waals surface area contributed by atoms with E-state index in [-0.39, 0.29) is 0 Å². The summed E-state index contributed by atoms with van der Waals surface area (Å²) in [5, 5.41) is 0. The zero-order valence-corrected chi connectivity index (χ0v) is 10.9. The van der Waals surface area contributed by atoms with Crippen molar-refractivity contribution in [3.63, 3.8) is 0 Å². The van der Waals surface area contributed by atoms with Crippen molar-refractivity contribution in [3.05, 3.63) is 11.8 Å². The van der Waals surface area contributed by atoms with Gasteiger partial charge in [-0.1, -0.05) is 37.8 Å². The highest BCUT2D eigenvalue weighted by Gasteiger charge is 2.15. The average molecular weight is 199 g/mol. The number of rotatable bonds is 6. The molecule has 0 bridgehead atoms. The normalized spacial score (nSPS) is 13.1. The van der Waals surface area contributed by atoms with Crippen molar-refractivity contribution in [2.24, 2.45) is 0 Å². The summed E-state index contributed by atoms with van der Waals surface area (Å²) >= 11 is 0. The van der Waals surface area contributed by atoms with Crippen LogP contribution in [-0.2, 0) is 0 Å². The second kappa shape index (κ2) is 6.38. The second-order valence-electron chi connectivity index (χ2n) is 4.49. The predicted molar refractivity (Wildman–Crippen MR) is 64.9 cm³/mol. The molecule has 0 spiro atoms. The molecule has 0 amide bonds. The fourth-order valence-corrected chi connectivity index (χ4v) is 3.64. The fourth-order valence-electron chi connectivity index (χ4n) is 1.50. The quantitative estimate of drug-likeness (QED) is 0.594. The molecule has 0 aromatic rings. The SMILES string of the molecule is CC=C[Si](C)(C)CCCN(C)CC. The van der Waals surface area contributed by atoms with Crippen LogP contribution < -0.4 is 0 Å². The molecule has 0 aromatic heterocycles. The van der Waals surface area contributed by atoms with Crippen LogP contribution in [0.2, 0.25) is 19.1 Å². The highest BCUT2D eigenvalue weighted by Crippen LogP contribution is 2.13. The van der Waals surface area contributed by atoms with Gasteiger partial charge in [-0.05, 0) is 33.5 Å². The van der Waals surface area contributed by atoms with E-state index >= 15 is 0 Å². The number of allylic oxidation sites excluding steroid dienone is 1. The summed E-state index contributed by atoms with van der Waals surface area (Å²) in [7, 11) is 1.21. The Morgan fingerprint density at radius 3 is 2.38 bits per heavy atom. The van der Waals surface area contributed by atoms with Crippen LogP contribution in [0.5, 0.6) is 0 Å². The molecule has 0 unspecified atom stereocenters. The van der Waals surface area contributed by atoms with Crippen LogP contribution in [0.4, 0.5) is 0 Å². The zero-order valence-electron chi connectivity index (χ0n) is 9.93. The summed E-state index contributed by atoms with van der Waals surface area (Å²) in [6.07, 6.45) is 3.57. The number of hydrogen-bond acceptors (Lipinski definition) is 1. The Labute approximate surface area is 84.8 Å². The highest BCUT2D eigenvalue weighted by molar-refractivity contribution is 6.82. The molecule has 0 atom stereocenters. The van der Waals surface area contributed by atoms with Crippen molar-refractivity contribution < 1.29 is 0 Å². The summed E-state index contributed by atoms with van der Waals surface area (Å²) in [6.45, 7) is 11.7. The first-order valence-electron chi connectivity index (χ1n) is 5.34. The van der Waals surface area contributed by atoms with Crippen LogP contribution in [0.25, 0.3) is 0 Å². The van der Waals surface area contributed by atoms with Crippen molar-refractivity contribution in [3.8, 4) is 0 Å². The van der Waals surface area contributed by atoms with E-state index in [1.807, 2.05) is 0 Å². The first-order chi connectivity index (χ1) is 6.02. The van der Waals surface area contributed by atoms with Crippen molar-refractivity contribution in [1.29, 1.82) is 0 Å². The van der Waals surface area contributed by atoms with Gasteiger partial charge in [0.25, 0.3) is 0 Å². The molecule has 0 aromatic carbocycles. The van der Waals surface area contributed by atoms with Crippen molar-refractivity contribution >= 4 is 8.07 Å². The molecule has 13 heavy (non-hydrogen) atoms. The first kappa shape index (κ1) is 12.9. The number of hydrogen-bond donors (Lipinski definition) is 0. The molecule has 0 N–H and O–H groups in total. The molecule has 78 valence electrons. The Kier molecular flexibility index (Phi) is 6.34. The van der Waals surface area contributed by atoms with E-state index < -0.39 is 8.07 Å². The lowest BCUT2D eigenvalue weighted by Crippen LogP contribution is -2.25. The smallest absolute Gasteiger partial charge is 0.0713 e. The van der Waals surface area contributed by atoms with Gasteiger partial charge in [-0.25, -0.2) is 0 Å². The van der Waals surface area contributed by atoms with Crippen molar-refractivity contribution in [1.82, 2.24) is 4.90 Å². The molecule has 0 fully saturated rings. The summed E-state index contributed by atoms with van der Waals surface area (Å²) in [5.74, 6) is 0. The Morgan fingerprint density at radius 1 is 1.31 bits per heavy atom. The van der Waals surface area contributed by atoms with E-state index in [1.165, 1.54) is 25.6 Å². The molecule has 0 aliphatic carbocycles. The molecule has 0 saturated carbocycles. The molecule has 0 rings (SSSR count). The summed E-state index contributed by atoms with van der Waals surface area (Å²) < 4.78 is 0. The van der Waals surface area contributed by atoms with Crippen LogP contribution in [0.15, 0.2) is 11.8 Å². The lowest BCUT2D eigenvalue weighted by Gasteiger charge is -2.20. The molecule has 0 saturated heterocycles. The number of nitrogens with zero attached hydrogens (tertiary/aromatic N) is 1. The molecule has 0 aliphatic heterocycles. The standard InChI is InChI=1S/C11H25NSi/c1-6-10-13(4,5)11-8-9-12(3)7-2/h6,10H,7-9,11H2,1-5H3. The fraction of sp³-hybridized carbons (Fsp3) is 0.818.